The molecule has 2 aromatic carbocycles. The molecule has 0 unspecified atom stereocenters. The molecule has 3 aromatic heterocycles. The van der Waals surface area contributed by atoms with Gasteiger partial charge in [0.1, 0.15) is 11.2 Å². The molecular weight excluding hydrogens is 336 g/mol. The van der Waals surface area contributed by atoms with Gasteiger partial charge in [-0.25, -0.2) is 15.0 Å². The summed E-state index contributed by atoms with van der Waals surface area (Å²) in [5, 5.41) is 1.46. The number of hydrogen-bond donors (Lipinski definition) is 0. The Kier molecular flexibility index (Phi) is 3.08. The Morgan fingerprint density at radius 3 is 2.48 bits per heavy atom. The maximum Gasteiger partial charge on any atom is 0.246 e. The number of aromatic nitrogens is 4. The molecule has 3 heterocycles. The van der Waals surface area contributed by atoms with E-state index in [1.165, 1.54) is 0 Å². The van der Waals surface area contributed by atoms with Crippen LogP contribution in [0.1, 0.15) is 0 Å². The third kappa shape index (κ3) is 2.13. The van der Waals surface area contributed by atoms with Crippen molar-refractivity contribution in [3.05, 3.63) is 72.0 Å². The smallest absolute Gasteiger partial charge is 0.246 e. The van der Waals surface area contributed by atoms with Crippen LogP contribution >= 0.6 is 11.6 Å². The third-order valence-electron chi connectivity index (χ3n) is 4.06. The minimum Gasteiger partial charge on any atom is -0.435 e. The van der Waals surface area contributed by atoms with Gasteiger partial charge in [-0.1, -0.05) is 41.9 Å². The largest absolute Gasteiger partial charge is 0.435 e. The second-order valence-electron chi connectivity index (χ2n) is 5.55. The van der Waals surface area contributed by atoms with Crippen LogP contribution in [0.4, 0.5) is 0 Å². The molecule has 0 aliphatic heterocycles. The summed E-state index contributed by atoms with van der Waals surface area (Å²) >= 11 is 6.70. The fourth-order valence-electron chi connectivity index (χ4n) is 2.98. The summed E-state index contributed by atoms with van der Waals surface area (Å²) < 4.78 is 7.83. The van der Waals surface area contributed by atoms with E-state index in [2.05, 4.69) is 15.0 Å². The van der Waals surface area contributed by atoms with E-state index in [9.17, 15) is 0 Å². The fraction of sp³-hybridized carbons (Fsp3) is 0. The van der Waals surface area contributed by atoms with Crippen LogP contribution in [0.25, 0.3) is 39.5 Å². The average molecular weight is 347 g/mol. The fourth-order valence-corrected chi connectivity index (χ4v) is 3.30. The number of fused-ring (bicyclic) bond motifs is 2. The van der Waals surface area contributed by atoms with Crippen LogP contribution in [0.2, 0.25) is 5.02 Å². The lowest BCUT2D eigenvalue weighted by atomic mass is 10.2. The van der Waals surface area contributed by atoms with Gasteiger partial charge in [0.05, 0.1) is 10.5 Å². The molecule has 6 heteroatoms. The Morgan fingerprint density at radius 2 is 1.64 bits per heavy atom. The molecule has 0 atom stereocenters. The highest BCUT2D eigenvalue weighted by Crippen LogP contribution is 2.39. The maximum absolute atomic E-state index is 6.70. The average Bonchev–Trinajstić information content (AvgIpc) is 3.21. The van der Waals surface area contributed by atoms with Crippen molar-refractivity contribution in [2.75, 3.05) is 0 Å². The summed E-state index contributed by atoms with van der Waals surface area (Å²) in [5.41, 5.74) is 3.03. The molecule has 0 spiro atoms. The lowest BCUT2D eigenvalue weighted by Gasteiger charge is -2.06. The molecule has 0 bridgehead atoms. The quantitative estimate of drug-likeness (QED) is 0.457. The number of para-hydroxylation sites is 3. The van der Waals surface area contributed by atoms with Gasteiger partial charge in [0.2, 0.25) is 11.8 Å². The van der Waals surface area contributed by atoms with Crippen LogP contribution in [-0.4, -0.2) is 19.5 Å². The molecule has 0 radical (unpaired) electrons. The monoisotopic (exact) mass is 346 g/mol. The topological polar surface area (TPSA) is 56.7 Å². The summed E-state index contributed by atoms with van der Waals surface area (Å²) in [6.07, 6.45) is 3.39. The first-order valence-corrected chi connectivity index (χ1v) is 8.13. The molecule has 0 aliphatic rings. The van der Waals surface area contributed by atoms with Crippen molar-refractivity contribution in [3.63, 3.8) is 0 Å². The van der Waals surface area contributed by atoms with Crippen molar-refractivity contribution in [1.82, 2.24) is 19.5 Å². The Hall–Kier alpha value is -3.18. The number of halogens is 1. The van der Waals surface area contributed by atoms with Gasteiger partial charge in [0.15, 0.2) is 5.58 Å². The minimum absolute atomic E-state index is 0.440. The molecular formula is C19H11ClN4O. The van der Waals surface area contributed by atoms with E-state index in [0.29, 0.717) is 28.1 Å². The lowest BCUT2D eigenvalue weighted by molar-refractivity contribution is 0.614. The number of hydrogen-bond acceptors (Lipinski definition) is 4. The highest BCUT2D eigenvalue weighted by Gasteiger charge is 2.23. The van der Waals surface area contributed by atoms with Crippen LogP contribution in [0.3, 0.4) is 0 Å². The highest BCUT2D eigenvalue weighted by atomic mass is 35.5. The van der Waals surface area contributed by atoms with Gasteiger partial charge in [0.25, 0.3) is 0 Å². The zero-order valence-corrected chi connectivity index (χ0v) is 13.7. The van der Waals surface area contributed by atoms with Crippen molar-refractivity contribution in [2.45, 2.75) is 0 Å². The van der Waals surface area contributed by atoms with Gasteiger partial charge in [-0.2, -0.15) is 0 Å². The SMILES string of the molecule is Clc1c(-c2nc3ccccc3o2)n(-c2ncccn2)c2ccccc12. The molecule has 0 aliphatic carbocycles. The Balaban J connectivity index is 1.90. The number of nitrogens with zero attached hydrogens (tertiary/aromatic N) is 4. The van der Waals surface area contributed by atoms with Crippen molar-refractivity contribution in [1.29, 1.82) is 0 Å². The van der Waals surface area contributed by atoms with E-state index in [0.717, 1.165) is 16.4 Å². The van der Waals surface area contributed by atoms with E-state index < -0.39 is 0 Å². The van der Waals surface area contributed by atoms with Crippen LogP contribution in [-0.2, 0) is 0 Å². The van der Waals surface area contributed by atoms with Crippen LogP contribution in [0, 0.1) is 0 Å². The standard InChI is InChI=1S/C19H11ClN4O/c20-16-12-6-1-3-8-14(12)24(19-21-10-5-11-22-19)17(16)18-23-13-7-2-4-9-15(13)25-18/h1-11H. The third-order valence-corrected chi connectivity index (χ3v) is 4.44. The van der Waals surface area contributed by atoms with Crippen molar-refractivity contribution in [2.24, 2.45) is 0 Å². The molecule has 120 valence electrons. The van der Waals surface area contributed by atoms with E-state index in [-0.39, 0.29) is 0 Å². The summed E-state index contributed by atoms with van der Waals surface area (Å²) in [6.45, 7) is 0. The van der Waals surface area contributed by atoms with E-state index in [1.807, 2.05) is 53.1 Å². The minimum atomic E-state index is 0.440. The summed E-state index contributed by atoms with van der Waals surface area (Å²) in [7, 11) is 0. The molecule has 0 saturated heterocycles. The first kappa shape index (κ1) is 14.2. The van der Waals surface area contributed by atoms with Gasteiger partial charge >= 0.3 is 0 Å². The van der Waals surface area contributed by atoms with Crippen molar-refractivity contribution < 1.29 is 4.42 Å². The molecule has 0 fully saturated rings. The molecule has 5 aromatic rings. The van der Waals surface area contributed by atoms with E-state index in [4.69, 9.17) is 16.0 Å². The molecule has 0 amide bonds. The summed E-state index contributed by atoms with van der Waals surface area (Å²) in [5.74, 6) is 0.956. The number of oxazole rings is 1. The molecule has 5 nitrogen and oxygen atoms in total. The predicted octanol–water partition coefficient (Wildman–Crippen LogP) is 4.88. The second-order valence-corrected chi connectivity index (χ2v) is 5.93. The van der Waals surface area contributed by atoms with Gasteiger partial charge < -0.3 is 4.42 Å². The van der Waals surface area contributed by atoms with Crippen molar-refractivity contribution in [3.8, 4) is 17.5 Å². The van der Waals surface area contributed by atoms with Crippen LogP contribution in [0.15, 0.2) is 71.4 Å². The van der Waals surface area contributed by atoms with E-state index >= 15 is 0 Å². The van der Waals surface area contributed by atoms with Gasteiger partial charge in [-0.15, -0.1) is 0 Å². The number of rotatable bonds is 2. The van der Waals surface area contributed by atoms with E-state index in [1.54, 1.807) is 18.5 Å². The van der Waals surface area contributed by atoms with Gasteiger partial charge in [-0.3, -0.25) is 4.57 Å². The summed E-state index contributed by atoms with van der Waals surface area (Å²) in [6, 6.07) is 17.2. The molecule has 25 heavy (non-hydrogen) atoms. The van der Waals surface area contributed by atoms with Crippen LogP contribution in [0.5, 0.6) is 0 Å². The molecule has 0 saturated carbocycles. The van der Waals surface area contributed by atoms with Crippen molar-refractivity contribution >= 4 is 33.6 Å². The first-order chi connectivity index (χ1) is 12.3. The zero-order valence-electron chi connectivity index (χ0n) is 12.9. The van der Waals surface area contributed by atoms with Gasteiger partial charge in [0, 0.05) is 17.8 Å². The highest BCUT2D eigenvalue weighted by molar-refractivity contribution is 6.38. The predicted molar refractivity (Wildman–Crippen MR) is 96.9 cm³/mol. The normalized spacial score (nSPS) is 11.4. The van der Waals surface area contributed by atoms with Crippen LogP contribution < -0.4 is 0 Å². The summed E-state index contributed by atoms with van der Waals surface area (Å²) in [4.78, 5) is 13.4. The second kappa shape index (κ2) is 5.43. The Labute approximate surface area is 147 Å². The zero-order chi connectivity index (χ0) is 16.8. The number of benzene rings is 2. The molecule has 5 rings (SSSR count). The first-order valence-electron chi connectivity index (χ1n) is 7.75. The maximum atomic E-state index is 6.70. The lowest BCUT2D eigenvalue weighted by Crippen LogP contribution is -2.02. The Morgan fingerprint density at radius 1 is 0.880 bits per heavy atom. The van der Waals surface area contributed by atoms with Gasteiger partial charge in [-0.05, 0) is 24.3 Å². The Bertz CT molecular complexity index is 1180. The molecule has 0 N–H and O–H groups in total.